The summed E-state index contributed by atoms with van der Waals surface area (Å²) in [5, 5.41) is 9.33. The van der Waals surface area contributed by atoms with Gasteiger partial charge in [-0.3, -0.25) is 0 Å². The van der Waals surface area contributed by atoms with Gasteiger partial charge in [0.1, 0.15) is 11.6 Å². The molecule has 6 nitrogen and oxygen atoms in total. The highest BCUT2D eigenvalue weighted by atomic mass is 16.5. The number of aryl methyl sites for hydroxylation is 1. The summed E-state index contributed by atoms with van der Waals surface area (Å²) in [5.74, 6) is 1.97. The van der Waals surface area contributed by atoms with E-state index in [1.807, 2.05) is 18.2 Å². The lowest BCUT2D eigenvalue weighted by Gasteiger charge is -2.13. The van der Waals surface area contributed by atoms with Gasteiger partial charge in [-0.1, -0.05) is 37.6 Å². The predicted octanol–water partition coefficient (Wildman–Crippen LogP) is 4.80. The van der Waals surface area contributed by atoms with Gasteiger partial charge in [0.25, 0.3) is 0 Å². The molecule has 0 amide bonds. The molecule has 0 radical (unpaired) electrons. The highest BCUT2D eigenvalue weighted by molar-refractivity contribution is 5.72. The van der Waals surface area contributed by atoms with Gasteiger partial charge < -0.3 is 15.2 Å². The zero-order valence-electron chi connectivity index (χ0n) is 17.4. The molecule has 0 aliphatic heterocycles. The van der Waals surface area contributed by atoms with Gasteiger partial charge in [0.2, 0.25) is 11.8 Å². The maximum atomic E-state index is 9.33. The number of hydrogen-bond acceptors (Lipinski definition) is 6. The molecular formula is C24H26N4O2. The molecule has 0 bridgehead atoms. The van der Waals surface area contributed by atoms with Crippen LogP contribution in [0.15, 0.2) is 48.5 Å². The van der Waals surface area contributed by atoms with E-state index in [2.05, 4.69) is 35.1 Å². The van der Waals surface area contributed by atoms with E-state index in [9.17, 15) is 5.26 Å². The molecule has 0 saturated carbocycles. The monoisotopic (exact) mass is 402 g/mol. The van der Waals surface area contributed by atoms with Gasteiger partial charge in [-0.05, 0) is 55.6 Å². The first-order chi connectivity index (χ1) is 14.6. The number of aromatic nitrogens is 2. The van der Waals surface area contributed by atoms with Crippen molar-refractivity contribution in [3.05, 3.63) is 65.5 Å². The van der Waals surface area contributed by atoms with Crippen LogP contribution in [0.3, 0.4) is 0 Å². The highest BCUT2D eigenvalue weighted by Gasteiger charge is 2.12. The van der Waals surface area contributed by atoms with E-state index in [0.29, 0.717) is 42.0 Å². The largest absolute Gasteiger partial charge is 0.477 e. The fourth-order valence-electron chi connectivity index (χ4n) is 3.01. The highest BCUT2D eigenvalue weighted by Crippen LogP contribution is 2.34. The summed E-state index contributed by atoms with van der Waals surface area (Å²) in [7, 11) is 0. The van der Waals surface area contributed by atoms with Crippen LogP contribution in [-0.2, 0) is 6.42 Å². The molecule has 0 atom stereocenters. The molecule has 0 unspecified atom stereocenters. The molecule has 6 heteroatoms. The normalized spacial score (nSPS) is 10.5. The van der Waals surface area contributed by atoms with Gasteiger partial charge in [-0.15, -0.1) is 0 Å². The number of hydrogen-bond donors (Lipinski definition) is 1. The third kappa shape index (κ3) is 5.56. The van der Waals surface area contributed by atoms with Crippen LogP contribution in [0.1, 0.15) is 36.7 Å². The molecule has 2 aromatic carbocycles. The Bertz CT molecular complexity index is 1030. The molecule has 0 spiro atoms. The quantitative estimate of drug-likeness (QED) is 0.517. The number of nitrogens with two attached hydrogens (primary N) is 1. The lowest BCUT2D eigenvalue weighted by Crippen LogP contribution is -2.02. The molecule has 3 aromatic rings. The van der Waals surface area contributed by atoms with Crippen LogP contribution in [0, 0.1) is 18.3 Å². The Morgan fingerprint density at radius 3 is 2.50 bits per heavy atom. The third-order valence-electron chi connectivity index (χ3n) is 4.56. The summed E-state index contributed by atoms with van der Waals surface area (Å²) in [5.41, 5.74) is 9.19. The number of rotatable bonds is 9. The van der Waals surface area contributed by atoms with Crippen molar-refractivity contribution in [2.75, 3.05) is 13.2 Å². The van der Waals surface area contributed by atoms with E-state index < -0.39 is 0 Å². The number of benzene rings is 2. The Labute approximate surface area is 177 Å². The van der Waals surface area contributed by atoms with Crippen LogP contribution in [-0.4, -0.2) is 23.1 Å². The maximum Gasteiger partial charge on any atom is 0.226 e. The fraction of sp³-hybridized carbons (Fsp3) is 0.292. The Morgan fingerprint density at radius 2 is 1.80 bits per heavy atom. The van der Waals surface area contributed by atoms with Crippen molar-refractivity contribution in [3.63, 3.8) is 0 Å². The fourth-order valence-corrected chi connectivity index (χ4v) is 3.01. The summed E-state index contributed by atoms with van der Waals surface area (Å²) in [6, 6.07) is 17.4. The van der Waals surface area contributed by atoms with Crippen LogP contribution < -0.4 is 15.2 Å². The van der Waals surface area contributed by atoms with E-state index in [1.54, 1.807) is 25.1 Å². The predicted molar refractivity (Wildman–Crippen MR) is 117 cm³/mol. The summed E-state index contributed by atoms with van der Waals surface area (Å²) < 4.78 is 11.8. The average molecular weight is 402 g/mol. The van der Waals surface area contributed by atoms with Crippen molar-refractivity contribution in [3.8, 4) is 34.7 Å². The number of ether oxygens (including phenoxy) is 2. The summed E-state index contributed by atoms with van der Waals surface area (Å²) in [6.45, 7) is 5.11. The number of nitriles is 1. The standard InChI is InChI=1S/C24H26N4O2/c1-3-4-13-29-23-15-24(28-17(2)27-23)30-22-14-19(16-26)7-10-21(22)20-8-5-18(6-9-20)11-12-25/h5-10,14-15H,3-4,11-13,25H2,1-2H3. The molecule has 2 N–H and O–H groups in total. The molecule has 1 heterocycles. The first-order valence-corrected chi connectivity index (χ1v) is 10.1. The SMILES string of the molecule is CCCCOc1cc(Oc2cc(C#N)ccc2-c2ccc(CCN)cc2)nc(C)n1. The molecular weight excluding hydrogens is 376 g/mol. The molecule has 0 fully saturated rings. The van der Waals surface area contributed by atoms with Gasteiger partial charge in [-0.25, -0.2) is 0 Å². The molecule has 3 rings (SSSR count). The molecule has 154 valence electrons. The Kier molecular flexibility index (Phi) is 7.36. The maximum absolute atomic E-state index is 9.33. The van der Waals surface area contributed by atoms with Crippen molar-refractivity contribution in [1.82, 2.24) is 9.97 Å². The van der Waals surface area contributed by atoms with Crippen LogP contribution >= 0.6 is 0 Å². The van der Waals surface area contributed by atoms with Crippen molar-refractivity contribution in [2.24, 2.45) is 5.73 Å². The van der Waals surface area contributed by atoms with Gasteiger partial charge >= 0.3 is 0 Å². The Balaban J connectivity index is 1.92. The van der Waals surface area contributed by atoms with Gasteiger partial charge in [0.15, 0.2) is 0 Å². The second-order valence-corrected chi connectivity index (χ2v) is 6.95. The minimum atomic E-state index is 0.380. The van der Waals surface area contributed by atoms with E-state index in [4.69, 9.17) is 15.2 Å². The van der Waals surface area contributed by atoms with Gasteiger partial charge in [0, 0.05) is 5.56 Å². The van der Waals surface area contributed by atoms with Crippen LogP contribution in [0.4, 0.5) is 0 Å². The van der Waals surface area contributed by atoms with Gasteiger partial charge in [0.05, 0.1) is 24.3 Å². The molecule has 0 aliphatic rings. The number of unbranched alkanes of at least 4 members (excludes halogenated alkanes) is 1. The summed E-state index contributed by atoms with van der Waals surface area (Å²) >= 11 is 0. The zero-order valence-corrected chi connectivity index (χ0v) is 17.4. The molecule has 0 saturated heterocycles. The minimum Gasteiger partial charge on any atom is -0.477 e. The van der Waals surface area contributed by atoms with Crippen molar-refractivity contribution in [1.29, 1.82) is 5.26 Å². The van der Waals surface area contributed by atoms with Crippen LogP contribution in [0.25, 0.3) is 11.1 Å². The van der Waals surface area contributed by atoms with Crippen molar-refractivity contribution in [2.45, 2.75) is 33.1 Å². The zero-order chi connectivity index (χ0) is 21.3. The third-order valence-corrected chi connectivity index (χ3v) is 4.56. The first-order valence-electron chi connectivity index (χ1n) is 10.1. The lowest BCUT2D eigenvalue weighted by atomic mass is 10.0. The molecule has 30 heavy (non-hydrogen) atoms. The second-order valence-electron chi connectivity index (χ2n) is 6.95. The average Bonchev–Trinajstić information content (AvgIpc) is 2.74. The van der Waals surface area contributed by atoms with E-state index in [1.165, 1.54) is 5.56 Å². The summed E-state index contributed by atoms with van der Waals surface area (Å²) in [4.78, 5) is 8.69. The Hall–Kier alpha value is -3.43. The second kappa shape index (κ2) is 10.4. The van der Waals surface area contributed by atoms with Crippen LogP contribution in [0.5, 0.6) is 17.5 Å². The van der Waals surface area contributed by atoms with E-state index in [0.717, 1.165) is 30.4 Å². The van der Waals surface area contributed by atoms with E-state index in [-0.39, 0.29) is 0 Å². The van der Waals surface area contributed by atoms with Crippen molar-refractivity contribution >= 4 is 0 Å². The first kappa shape index (κ1) is 21.3. The Morgan fingerprint density at radius 1 is 1.03 bits per heavy atom. The molecule has 0 aliphatic carbocycles. The number of nitrogens with zero attached hydrogens (tertiary/aromatic N) is 3. The van der Waals surface area contributed by atoms with E-state index >= 15 is 0 Å². The summed E-state index contributed by atoms with van der Waals surface area (Å²) in [6.07, 6.45) is 2.83. The lowest BCUT2D eigenvalue weighted by molar-refractivity contribution is 0.294. The van der Waals surface area contributed by atoms with Gasteiger partial charge in [-0.2, -0.15) is 15.2 Å². The smallest absolute Gasteiger partial charge is 0.226 e. The topological polar surface area (TPSA) is 94.0 Å². The van der Waals surface area contributed by atoms with Crippen LogP contribution in [0.2, 0.25) is 0 Å². The van der Waals surface area contributed by atoms with Crippen molar-refractivity contribution < 1.29 is 9.47 Å². The molecule has 1 aromatic heterocycles. The minimum absolute atomic E-state index is 0.380.